The molecule has 0 saturated heterocycles. The number of rotatable bonds is 8. The van der Waals surface area contributed by atoms with Gasteiger partial charge in [-0.25, -0.2) is 0 Å². The Morgan fingerprint density at radius 2 is 1.45 bits per heavy atom. The van der Waals surface area contributed by atoms with E-state index in [2.05, 4.69) is 0 Å². The van der Waals surface area contributed by atoms with Crippen molar-refractivity contribution in [2.75, 3.05) is 0 Å². The van der Waals surface area contributed by atoms with Crippen LogP contribution in [-0.2, 0) is 0 Å². The van der Waals surface area contributed by atoms with Crippen molar-refractivity contribution in [3.8, 4) is 0 Å². The van der Waals surface area contributed by atoms with E-state index in [4.69, 9.17) is 0 Å². The van der Waals surface area contributed by atoms with Gasteiger partial charge in [-0.3, -0.25) is 0 Å². The molecule has 3 aliphatic rings. The Morgan fingerprint density at radius 3 is 1.98 bits per heavy atom. The van der Waals surface area contributed by atoms with E-state index in [1.54, 1.807) is 13.8 Å². The second-order valence-electron chi connectivity index (χ2n) is 13.9. The molecule has 3 aliphatic carbocycles. The SMILES string of the molecule is CC(C)(O)CCC[C@@](C)(CC(O)(C(F)(F)F)C(F)(F)F)[C@H]1CCC2/C(=C/C=C3CC(O)C[C@H](O)C3)CCC[C@@]21C. The van der Waals surface area contributed by atoms with E-state index >= 15 is 0 Å². The van der Waals surface area contributed by atoms with Gasteiger partial charge in [-0.05, 0) is 107 Å². The third-order valence-corrected chi connectivity index (χ3v) is 10.0. The number of fused-ring (bicyclic) bond motifs is 1. The lowest BCUT2D eigenvalue weighted by atomic mass is 9.54. The third-order valence-electron chi connectivity index (χ3n) is 10.0. The first-order valence-corrected chi connectivity index (χ1v) is 14.4. The second kappa shape index (κ2) is 11.5. The summed E-state index contributed by atoms with van der Waals surface area (Å²) in [6.07, 6.45) is -5.68. The number of hydrogen-bond donors (Lipinski definition) is 4. The molecule has 3 fully saturated rings. The van der Waals surface area contributed by atoms with Crippen molar-refractivity contribution in [1.29, 1.82) is 0 Å². The maximum atomic E-state index is 13.9. The fourth-order valence-electron chi connectivity index (χ4n) is 8.17. The standard InChI is InChI=1S/C30H46F6O4/c1-25(2,39)12-6-13-26(3,18-28(40,29(31,32)33)30(34,35)36)24-11-10-23-20(7-5-14-27(23,24)4)9-8-19-15-21(37)17-22(38)16-19/h8-9,21-24,37-40H,5-7,10-18H2,1-4H3/b19-8?,20-9+/t21-,22?,23?,24-,26+,27+/m1/s1. The van der Waals surface area contributed by atoms with Crippen LogP contribution in [0.25, 0.3) is 0 Å². The quantitative estimate of drug-likeness (QED) is 0.228. The molecule has 4 nitrogen and oxygen atoms in total. The minimum Gasteiger partial charge on any atom is -0.393 e. The molecule has 2 unspecified atom stereocenters. The predicted octanol–water partition coefficient (Wildman–Crippen LogP) is 7.15. The van der Waals surface area contributed by atoms with Crippen molar-refractivity contribution in [2.45, 2.75) is 141 Å². The summed E-state index contributed by atoms with van der Waals surface area (Å²) in [4.78, 5) is 0. The first-order valence-electron chi connectivity index (χ1n) is 14.4. The van der Waals surface area contributed by atoms with E-state index < -0.39 is 58.9 Å². The van der Waals surface area contributed by atoms with Crippen LogP contribution >= 0.6 is 0 Å². The summed E-state index contributed by atoms with van der Waals surface area (Å²) in [5.74, 6) is -0.530. The van der Waals surface area contributed by atoms with E-state index in [-0.39, 0.29) is 25.2 Å². The molecule has 0 aromatic carbocycles. The number of aliphatic hydroxyl groups is 4. The molecule has 3 rings (SSSR count). The van der Waals surface area contributed by atoms with Crippen molar-refractivity contribution < 1.29 is 46.8 Å². The zero-order chi connectivity index (χ0) is 30.4. The number of aliphatic hydroxyl groups excluding tert-OH is 2. The highest BCUT2D eigenvalue weighted by atomic mass is 19.4. The van der Waals surface area contributed by atoms with Crippen LogP contribution in [0.4, 0.5) is 26.3 Å². The van der Waals surface area contributed by atoms with Crippen LogP contribution < -0.4 is 0 Å². The average molecular weight is 585 g/mol. The summed E-state index contributed by atoms with van der Waals surface area (Å²) >= 11 is 0. The lowest BCUT2D eigenvalue weighted by Crippen LogP contribution is -2.60. The van der Waals surface area contributed by atoms with Crippen LogP contribution in [0.3, 0.4) is 0 Å². The minimum absolute atomic E-state index is 0.0112. The van der Waals surface area contributed by atoms with Crippen molar-refractivity contribution in [2.24, 2.45) is 22.7 Å². The molecular weight excluding hydrogens is 538 g/mol. The highest BCUT2D eigenvalue weighted by Crippen LogP contribution is 2.65. The van der Waals surface area contributed by atoms with E-state index in [9.17, 15) is 46.8 Å². The maximum Gasteiger partial charge on any atom is 0.426 e. The van der Waals surface area contributed by atoms with Crippen LogP contribution in [0, 0.1) is 22.7 Å². The largest absolute Gasteiger partial charge is 0.426 e. The zero-order valence-corrected chi connectivity index (χ0v) is 24.0. The fourth-order valence-corrected chi connectivity index (χ4v) is 8.17. The highest BCUT2D eigenvalue weighted by Gasteiger charge is 2.72. The van der Waals surface area contributed by atoms with Crippen LogP contribution in [-0.4, -0.2) is 56.2 Å². The van der Waals surface area contributed by atoms with Crippen LogP contribution in [0.15, 0.2) is 23.3 Å². The molecule has 4 N–H and O–H groups in total. The van der Waals surface area contributed by atoms with Gasteiger partial charge in [-0.2, -0.15) is 26.3 Å². The Morgan fingerprint density at radius 1 is 0.875 bits per heavy atom. The minimum atomic E-state index is -5.89. The van der Waals surface area contributed by atoms with Gasteiger partial charge < -0.3 is 20.4 Å². The summed E-state index contributed by atoms with van der Waals surface area (Å²) < 4.78 is 83.3. The van der Waals surface area contributed by atoms with E-state index in [1.165, 1.54) is 6.92 Å². The molecule has 0 aliphatic heterocycles. The highest BCUT2D eigenvalue weighted by molar-refractivity contribution is 5.27. The summed E-state index contributed by atoms with van der Waals surface area (Å²) in [6, 6.07) is 0. The smallest absolute Gasteiger partial charge is 0.393 e. The van der Waals surface area contributed by atoms with Crippen LogP contribution in [0.1, 0.15) is 105 Å². The molecule has 0 aromatic heterocycles. The van der Waals surface area contributed by atoms with E-state index in [1.807, 2.05) is 19.1 Å². The average Bonchev–Trinajstić information content (AvgIpc) is 3.13. The maximum absolute atomic E-state index is 13.9. The van der Waals surface area contributed by atoms with Crippen LogP contribution in [0.2, 0.25) is 0 Å². The normalized spacial score (nSPS) is 34.2. The number of hydrogen-bond acceptors (Lipinski definition) is 4. The molecule has 0 spiro atoms. The number of allylic oxidation sites excluding steroid dienone is 3. The monoisotopic (exact) mass is 584 g/mol. The van der Waals surface area contributed by atoms with E-state index in [0.717, 1.165) is 24.0 Å². The van der Waals surface area contributed by atoms with Gasteiger partial charge in [0, 0.05) is 0 Å². The number of halogens is 6. The summed E-state index contributed by atoms with van der Waals surface area (Å²) in [5, 5.41) is 40.5. The molecule has 6 atom stereocenters. The number of alkyl halides is 6. The Labute approximate surface area is 233 Å². The van der Waals surface area contributed by atoms with Gasteiger partial charge in [0.15, 0.2) is 0 Å². The fraction of sp³-hybridized carbons (Fsp3) is 0.867. The van der Waals surface area contributed by atoms with Gasteiger partial charge >= 0.3 is 12.4 Å². The molecule has 232 valence electrons. The zero-order valence-electron chi connectivity index (χ0n) is 24.0. The first kappa shape index (κ1) is 33.4. The molecule has 0 amide bonds. The van der Waals surface area contributed by atoms with Crippen molar-refractivity contribution in [3.63, 3.8) is 0 Å². The Bertz CT molecular complexity index is 923. The lowest BCUT2D eigenvalue weighted by Gasteiger charge is -2.51. The topological polar surface area (TPSA) is 80.9 Å². The van der Waals surface area contributed by atoms with Crippen molar-refractivity contribution in [3.05, 3.63) is 23.3 Å². The molecule has 0 aromatic rings. The van der Waals surface area contributed by atoms with Gasteiger partial charge in [0.1, 0.15) is 0 Å². The lowest BCUT2D eigenvalue weighted by molar-refractivity contribution is -0.378. The first-order chi connectivity index (χ1) is 18.1. The molecular formula is C30H46F6O4. The van der Waals surface area contributed by atoms with E-state index in [0.29, 0.717) is 38.5 Å². The Kier molecular flexibility index (Phi) is 9.63. The van der Waals surface area contributed by atoms with Gasteiger partial charge in [-0.15, -0.1) is 0 Å². The summed E-state index contributed by atoms with van der Waals surface area (Å²) in [5.41, 5.74) is -6.00. The Hall–Kier alpha value is -1.10. The molecule has 3 saturated carbocycles. The van der Waals surface area contributed by atoms with Gasteiger partial charge in [0.2, 0.25) is 0 Å². The van der Waals surface area contributed by atoms with Gasteiger partial charge in [0.25, 0.3) is 5.60 Å². The molecule has 0 radical (unpaired) electrons. The molecule has 0 heterocycles. The van der Waals surface area contributed by atoms with Gasteiger partial charge in [0.05, 0.1) is 17.8 Å². The summed E-state index contributed by atoms with van der Waals surface area (Å²) in [6.45, 7) is 6.53. The third kappa shape index (κ3) is 7.09. The van der Waals surface area contributed by atoms with Crippen molar-refractivity contribution in [1.82, 2.24) is 0 Å². The molecule has 0 bridgehead atoms. The van der Waals surface area contributed by atoms with Crippen molar-refractivity contribution >= 4 is 0 Å². The van der Waals surface area contributed by atoms with Gasteiger partial charge in [-0.1, -0.05) is 43.6 Å². The van der Waals surface area contributed by atoms with Crippen LogP contribution in [0.5, 0.6) is 0 Å². The second-order valence-corrected chi connectivity index (χ2v) is 13.9. The summed E-state index contributed by atoms with van der Waals surface area (Å²) in [7, 11) is 0. The molecule has 10 heteroatoms. The molecule has 40 heavy (non-hydrogen) atoms. The predicted molar refractivity (Wildman–Crippen MR) is 140 cm³/mol. The Balaban J connectivity index is 1.97.